The molecule has 0 aliphatic rings. The van der Waals surface area contributed by atoms with Gasteiger partial charge in [0.15, 0.2) is 0 Å². The van der Waals surface area contributed by atoms with E-state index < -0.39 is 25.8 Å². The van der Waals surface area contributed by atoms with E-state index in [-0.39, 0.29) is 0 Å². The maximum absolute atomic E-state index is 10.8. The number of nitrogens with one attached hydrogen (secondary N) is 1. The summed E-state index contributed by atoms with van der Waals surface area (Å²) in [6, 6.07) is -0.730. The minimum Gasteiger partial charge on any atom is -0.368 e. The molecular formula is C6H16N3O4P. The van der Waals surface area contributed by atoms with Crippen molar-refractivity contribution in [1.82, 2.24) is 5.32 Å². The van der Waals surface area contributed by atoms with E-state index in [0.717, 1.165) is 0 Å². The van der Waals surface area contributed by atoms with Crippen molar-refractivity contribution in [3.63, 3.8) is 0 Å². The molecule has 0 spiro atoms. The monoisotopic (exact) mass is 225 g/mol. The van der Waals surface area contributed by atoms with E-state index in [4.69, 9.17) is 21.3 Å². The number of rotatable bonds is 7. The molecule has 7 nitrogen and oxygen atoms in total. The summed E-state index contributed by atoms with van der Waals surface area (Å²) >= 11 is 0. The summed E-state index contributed by atoms with van der Waals surface area (Å²) in [7, 11) is -4.14. The lowest BCUT2D eigenvalue weighted by Gasteiger charge is -2.15. The van der Waals surface area contributed by atoms with E-state index >= 15 is 0 Å². The molecule has 8 heteroatoms. The Morgan fingerprint density at radius 2 is 2.07 bits per heavy atom. The molecule has 0 bridgehead atoms. The van der Waals surface area contributed by atoms with Gasteiger partial charge in [0.1, 0.15) is 0 Å². The van der Waals surface area contributed by atoms with Crippen LogP contribution in [0.25, 0.3) is 0 Å². The molecule has 0 saturated carbocycles. The summed E-state index contributed by atoms with van der Waals surface area (Å²) in [5.41, 5.74) is 10.2. The second-order valence-electron chi connectivity index (χ2n) is 2.91. The van der Waals surface area contributed by atoms with Crippen LogP contribution in [0, 0.1) is 0 Å². The van der Waals surface area contributed by atoms with Crippen molar-refractivity contribution >= 4 is 13.5 Å². The summed E-state index contributed by atoms with van der Waals surface area (Å²) in [5, 5.41) is 2.40. The predicted molar refractivity (Wildman–Crippen MR) is 51.3 cm³/mol. The summed E-state index contributed by atoms with van der Waals surface area (Å²) in [6.45, 7) is 0.404. The molecule has 1 amide bonds. The molecular weight excluding hydrogens is 209 g/mol. The Bertz CT molecular complexity index is 229. The Balaban J connectivity index is 3.98. The van der Waals surface area contributed by atoms with Gasteiger partial charge in [-0.05, 0) is 19.4 Å². The fourth-order valence-electron chi connectivity index (χ4n) is 0.896. The standard InChI is InChI=1S/C6H16N3O4P/c7-3-1-2-5(6(8)10)9-4-14(11,12)13/h5,9H,1-4,7H2,(H2,8,10)(H2,11,12,13). The quantitative estimate of drug-likeness (QED) is 0.327. The maximum atomic E-state index is 10.8. The number of carbonyl (C=O) groups excluding carboxylic acids is 1. The lowest BCUT2D eigenvalue weighted by atomic mass is 10.1. The third-order valence-corrected chi connectivity index (χ3v) is 2.18. The summed E-state index contributed by atoms with van der Waals surface area (Å²) in [4.78, 5) is 27.9. The smallest absolute Gasteiger partial charge is 0.339 e. The highest BCUT2D eigenvalue weighted by Crippen LogP contribution is 2.32. The molecule has 0 aromatic heterocycles. The molecule has 84 valence electrons. The van der Waals surface area contributed by atoms with Gasteiger partial charge >= 0.3 is 7.60 Å². The van der Waals surface area contributed by atoms with Gasteiger partial charge in [0.2, 0.25) is 5.91 Å². The second-order valence-corrected chi connectivity index (χ2v) is 4.56. The highest BCUT2D eigenvalue weighted by molar-refractivity contribution is 7.51. The molecule has 1 unspecified atom stereocenters. The van der Waals surface area contributed by atoms with Crippen LogP contribution in [-0.2, 0) is 9.36 Å². The summed E-state index contributed by atoms with van der Waals surface area (Å²) < 4.78 is 10.5. The maximum Gasteiger partial charge on any atom is 0.339 e. The van der Waals surface area contributed by atoms with Gasteiger partial charge in [-0.1, -0.05) is 0 Å². The third kappa shape index (κ3) is 6.99. The lowest BCUT2D eigenvalue weighted by Crippen LogP contribution is -2.41. The first-order chi connectivity index (χ1) is 6.37. The molecule has 7 N–H and O–H groups in total. The van der Waals surface area contributed by atoms with Gasteiger partial charge < -0.3 is 21.3 Å². The predicted octanol–water partition coefficient (Wildman–Crippen LogP) is -1.70. The van der Waals surface area contributed by atoms with Crippen LogP contribution >= 0.6 is 7.60 Å². The molecule has 0 rings (SSSR count). The van der Waals surface area contributed by atoms with Gasteiger partial charge in [-0.3, -0.25) is 14.7 Å². The highest BCUT2D eigenvalue weighted by atomic mass is 31.2. The van der Waals surface area contributed by atoms with Crippen molar-refractivity contribution < 1.29 is 19.1 Å². The number of carbonyl (C=O) groups is 1. The van der Waals surface area contributed by atoms with Gasteiger partial charge in [-0.15, -0.1) is 0 Å². The Kier molecular flexibility index (Phi) is 5.90. The van der Waals surface area contributed by atoms with E-state index in [1.807, 2.05) is 0 Å². The highest BCUT2D eigenvalue weighted by Gasteiger charge is 2.19. The van der Waals surface area contributed by atoms with E-state index in [0.29, 0.717) is 19.4 Å². The molecule has 0 heterocycles. The fraction of sp³-hybridized carbons (Fsp3) is 0.833. The zero-order valence-corrected chi connectivity index (χ0v) is 8.61. The molecule has 0 fully saturated rings. The average Bonchev–Trinajstić information content (AvgIpc) is 2.01. The fourth-order valence-corrected chi connectivity index (χ4v) is 1.35. The Hall–Kier alpha value is -0.460. The zero-order chi connectivity index (χ0) is 11.2. The Morgan fingerprint density at radius 3 is 2.43 bits per heavy atom. The number of hydrogen-bond donors (Lipinski definition) is 5. The van der Waals surface area contributed by atoms with Gasteiger partial charge in [0, 0.05) is 0 Å². The summed E-state index contributed by atoms with van der Waals surface area (Å²) in [6.07, 6.45) is 0.402. The molecule has 0 radical (unpaired) electrons. The summed E-state index contributed by atoms with van der Waals surface area (Å²) in [5.74, 6) is -0.632. The zero-order valence-electron chi connectivity index (χ0n) is 7.72. The van der Waals surface area contributed by atoms with Crippen LogP contribution in [0.1, 0.15) is 12.8 Å². The van der Waals surface area contributed by atoms with Crippen LogP contribution in [0.2, 0.25) is 0 Å². The molecule has 0 aromatic carbocycles. The van der Waals surface area contributed by atoms with Crippen molar-refractivity contribution in [3.05, 3.63) is 0 Å². The minimum atomic E-state index is -4.14. The first-order valence-corrected chi connectivity index (χ1v) is 5.94. The van der Waals surface area contributed by atoms with Crippen LogP contribution < -0.4 is 16.8 Å². The largest absolute Gasteiger partial charge is 0.368 e. The van der Waals surface area contributed by atoms with Crippen molar-refractivity contribution in [2.24, 2.45) is 11.5 Å². The average molecular weight is 225 g/mol. The van der Waals surface area contributed by atoms with Gasteiger partial charge in [-0.2, -0.15) is 0 Å². The minimum absolute atomic E-state index is 0.381. The molecule has 14 heavy (non-hydrogen) atoms. The van der Waals surface area contributed by atoms with Gasteiger partial charge in [-0.25, -0.2) is 0 Å². The molecule has 0 aliphatic carbocycles. The molecule has 0 saturated heterocycles. The molecule has 0 aliphatic heterocycles. The van der Waals surface area contributed by atoms with E-state index in [2.05, 4.69) is 5.32 Å². The van der Waals surface area contributed by atoms with Crippen LogP contribution in [0.4, 0.5) is 0 Å². The number of hydrogen-bond acceptors (Lipinski definition) is 4. The SMILES string of the molecule is NCCCC(NCP(=O)(O)O)C(N)=O. The van der Waals surface area contributed by atoms with Gasteiger partial charge in [0.25, 0.3) is 0 Å². The third-order valence-electron chi connectivity index (χ3n) is 1.58. The van der Waals surface area contributed by atoms with Crippen LogP contribution in [0.3, 0.4) is 0 Å². The number of primary amides is 1. The number of amides is 1. The van der Waals surface area contributed by atoms with Gasteiger partial charge in [0.05, 0.1) is 12.3 Å². The second kappa shape index (κ2) is 6.10. The number of nitrogens with two attached hydrogens (primary N) is 2. The van der Waals surface area contributed by atoms with Crippen molar-refractivity contribution in [2.45, 2.75) is 18.9 Å². The van der Waals surface area contributed by atoms with Crippen LogP contribution in [0.15, 0.2) is 0 Å². The van der Waals surface area contributed by atoms with E-state index in [9.17, 15) is 9.36 Å². The van der Waals surface area contributed by atoms with E-state index in [1.165, 1.54) is 0 Å². The molecule has 0 aromatic rings. The normalized spacial score (nSPS) is 13.9. The topological polar surface area (TPSA) is 139 Å². The molecule has 1 atom stereocenters. The van der Waals surface area contributed by atoms with Crippen molar-refractivity contribution in [1.29, 1.82) is 0 Å². The van der Waals surface area contributed by atoms with Crippen LogP contribution in [-0.4, -0.2) is 34.6 Å². The Labute approximate surface area is 82.0 Å². The first kappa shape index (κ1) is 13.5. The Morgan fingerprint density at radius 1 is 1.50 bits per heavy atom. The van der Waals surface area contributed by atoms with Crippen molar-refractivity contribution in [2.75, 3.05) is 12.8 Å². The van der Waals surface area contributed by atoms with Crippen LogP contribution in [0.5, 0.6) is 0 Å². The van der Waals surface area contributed by atoms with Crippen molar-refractivity contribution in [3.8, 4) is 0 Å². The lowest BCUT2D eigenvalue weighted by molar-refractivity contribution is -0.120. The first-order valence-electron chi connectivity index (χ1n) is 4.14. The van der Waals surface area contributed by atoms with E-state index in [1.54, 1.807) is 0 Å².